The Labute approximate surface area is 148 Å². The van der Waals surface area contributed by atoms with E-state index in [2.05, 4.69) is 79.6 Å². The molecule has 0 nitrogen and oxygen atoms in total. The second-order valence-corrected chi connectivity index (χ2v) is 12.7. The van der Waals surface area contributed by atoms with Gasteiger partial charge in [-0.1, -0.05) is 93.4 Å². The number of hydrogen-bond acceptors (Lipinski definition) is 0. The maximum atomic E-state index is 3.63. The standard InChI is InChI=1S/C23H28Si/c1-24(2,3)18-17-23-21(19-11-6-4-7-12-19)15-10-16-22(23)20-13-8-5-9-14-20/h4,6-7,10-12,15-16,20H,5,8-9,13-14H2,1-3H3. The van der Waals surface area contributed by atoms with Gasteiger partial charge in [-0.05, 0) is 35.4 Å². The second kappa shape index (κ2) is 7.41. The molecule has 0 heterocycles. The Morgan fingerprint density at radius 1 is 0.833 bits per heavy atom. The molecule has 1 saturated carbocycles. The molecule has 2 aromatic carbocycles. The van der Waals surface area contributed by atoms with Crippen LogP contribution in [0.15, 0.2) is 48.5 Å². The largest absolute Gasteiger partial charge is 0.129 e. The van der Waals surface area contributed by atoms with Crippen LogP contribution in [0.25, 0.3) is 11.1 Å². The van der Waals surface area contributed by atoms with Crippen molar-refractivity contribution in [1.29, 1.82) is 0 Å². The molecule has 1 heteroatoms. The Kier molecular flexibility index (Phi) is 5.26. The maximum Gasteiger partial charge on any atom is 0.129 e. The first-order chi connectivity index (χ1) is 11.5. The van der Waals surface area contributed by atoms with Crippen molar-refractivity contribution in [3.05, 3.63) is 59.7 Å². The minimum absolute atomic E-state index is 0.688. The molecule has 0 unspecified atom stereocenters. The molecule has 1 fully saturated rings. The summed E-state index contributed by atoms with van der Waals surface area (Å²) in [6.07, 6.45) is 6.76. The van der Waals surface area contributed by atoms with E-state index in [1.165, 1.54) is 54.4 Å². The lowest BCUT2D eigenvalue weighted by atomic mass is 9.80. The van der Waals surface area contributed by atoms with E-state index in [0.717, 1.165) is 0 Å². The molecular weight excluding hydrogens is 304 g/mol. The van der Waals surface area contributed by atoms with Crippen LogP contribution in [0.2, 0.25) is 19.6 Å². The van der Waals surface area contributed by atoms with E-state index >= 15 is 0 Å². The fourth-order valence-corrected chi connectivity index (χ4v) is 4.07. The number of rotatable bonds is 2. The van der Waals surface area contributed by atoms with E-state index in [0.29, 0.717) is 5.92 Å². The molecule has 2 aromatic rings. The van der Waals surface area contributed by atoms with Crippen molar-refractivity contribution in [1.82, 2.24) is 0 Å². The lowest BCUT2D eigenvalue weighted by molar-refractivity contribution is 0.443. The maximum absolute atomic E-state index is 3.63. The van der Waals surface area contributed by atoms with E-state index in [-0.39, 0.29) is 0 Å². The van der Waals surface area contributed by atoms with Gasteiger partial charge in [0.15, 0.2) is 0 Å². The van der Waals surface area contributed by atoms with Gasteiger partial charge in [-0.25, -0.2) is 0 Å². The summed E-state index contributed by atoms with van der Waals surface area (Å²) in [6.45, 7) is 6.97. The van der Waals surface area contributed by atoms with Gasteiger partial charge in [0, 0.05) is 5.56 Å². The third-order valence-electron chi connectivity index (χ3n) is 4.79. The molecule has 0 saturated heterocycles. The molecule has 0 atom stereocenters. The van der Waals surface area contributed by atoms with Crippen LogP contribution in [0.4, 0.5) is 0 Å². The van der Waals surface area contributed by atoms with Gasteiger partial charge >= 0.3 is 0 Å². The van der Waals surface area contributed by atoms with Gasteiger partial charge in [-0.3, -0.25) is 0 Å². The van der Waals surface area contributed by atoms with Gasteiger partial charge < -0.3 is 0 Å². The third-order valence-corrected chi connectivity index (χ3v) is 5.66. The van der Waals surface area contributed by atoms with E-state index in [1.807, 2.05) is 0 Å². The predicted octanol–water partition coefficient (Wildman–Crippen LogP) is 6.63. The fourth-order valence-electron chi connectivity index (χ4n) is 3.57. The summed E-state index contributed by atoms with van der Waals surface area (Å²) in [4.78, 5) is 0. The van der Waals surface area contributed by atoms with Crippen LogP contribution in [0, 0.1) is 11.5 Å². The first kappa shape index (κ1) is 17.1. The van der Waals surface area contributed by atoms with Crippen molar-refractivity contribution in [2.45, 2.75) is 57.7 Å². The third kappa shape index (κ3) is 4.19. The van der Waals surface area contributed by atoms with Crippen molar-refractivity contribution < 1.29 is 0 Å². The minimum Gasteiger partial charge on any atom is -0.127 e. The molecule has 124 valence electrons. The highest BCUT2D eigenvalue weighted by atomic mass is 28.3. The molecule has 0 aromatic heterocycles. The zero-order valence-corrected chi connectivity index (χ0v) is 16.2. The normalized spacial score (nSPS) is 15.6. The quantitative estimate of drug-likeness (QED) is 0.427. The molecule has 1 aliphatic carbocycles. The second-order valence-electron chi connectivity index (χ2n) is 7.97. The van der Waals surface area contributed by atoms with Crippen LogP contribution in [0.5, 0.6) is 0 Å². The molecule has 0 radical (unpaired) electrons. The van der Waals surface area contributed by atoms with Crippen LogP contribution in [0.3, 0.4) is 0 Å². The highest BCUT2D eigenvalue weighted by Crippen LogP contribution is 2.37. The molecule has 0 N–H and O–H groups in total. The summed E-state index contributed by atoms with van der Waals surface area (Å²) in [6, 6.07) is 17.6. The number of benzene rings is 2. The summed E-state index contributed by atoms with van der Waals surface area (Å²) in [5, 5.41) is 0. The van der Waals surface area contributed by atoms with E-state index < -0.39 is 8.07 Å². The molecule has 1 aliphatic rings. The fraction of sp³-hybridized carbons (Fsp3) is 0.391. The van der Waals surface area contributed by atoms with Gasteiger partial charge in [-0.15, -0.1) is 5.54 Å². The Morgan fingerprint density at radius 2 is 1.54 bits per heavy atom. The molecule has 0 bridgehead atoms. The van der Waals surface area contributed by atoms with Gasteiger partial charge in [-0.2, -0.15) is 0 Å². The van der Waals surface area contributed by atoms with Crippen LogP contribution in [-0.4, -0.2) is 8.07 Å². The van der Waals surface area contributed by atoms with Gasteiger partial charge in [0.05, 0.1) is 0 Å². The average molecular weight is 333 g/mol. The first-order valence-corrected chi connectivity index (χ1v) is 12.8. The van der Waals surface area contributed by atoms with Crippen molar-refractivity contribution in [2.24, 2.45) is 0 Å². The summed E-state index contributed by atoms with van der Waals surface area (Å²) < 4.78 is 0. The van der Waals surface area contributed by atoms with Gasteiger partial charge in [0.1, 0.15) is 8.07 Å². The molecule has 0 aliphatic heterocycles. The average Bonchev–Trinajstić information content (AvgIpc) is 2.60. The van der Waals surface area contributed by atoms with Crippen LogP contribution in [0.1, 0.15) is 49.1 Å². The molecule has 3 rings (SSSR count). The predicted molar refractivity (Wildman–Crippen MR) is 108 cm³/mol. The smallest absolute Gasteiger partial charge is 0.127 e. The van der Waals surface area contributed by atoms with Crippen LogP contribution in [-0.2, 0) is 0 Å². The molecule has 24 heavy (non-hydrogen) atoms. The first-order valence-electron chi connectivity index (χ1n) is 9.26. The summed E-state index contributed by atoms with van der Waals surface area (Å²) >= 11 is 0. The highest BCUT2D eigenvalue weighted by molar-refractivity contribution is 6.83. The topological polar surface area (TPSA) is 0 Å². The molecule has 0 amide bonds. The SMILES string of the molecule is C[Si](C)(C)C#Cc1c(-c2ccccc2)cccc1C1CCCCC1. The van der Waals surface area contributed by atoms with Crippen molar-refractivity contribution in [3.8, 4) is 22.6 Å². The highest BCUT2D eigenvalue weighted by Gasteiger charge is 2.20. The summed E-state index contributed by atoms with van der Waals surface area (Å²) in [5.41, 5.74) is 8.99. The van der Waals surface area contributed by atoms with Gasteiger partial charge in [0.2, 0.25) is 0 Å². The van der Waals surface area contributed by atoms with E-state index in [9.17, 15) is 0 Å². The zero-order valence-electron chi connectivity index (χ0n) is 15.2. The van der Waals surface area contributed by atoms with Crippen LogP contribution >= 0.6 is 0 Å². The minimum atomic E-state index is -1.40. The Morgan fingerprint density at radius 3 is 2.21 bits per heavy atom. The Bertz CT molecular complexity index is 735. The van der Waals surface area contributed by atoms with Crippen molar-refractivity contribution >= 4 is 8.07 Å². The molecule has 0 spiro atoms. The Balaban J connectivity index is 2.12. The van der Waals surface area contributed by atoms with E-state index in [4.69, 9.17) is 0 Å². The van der Waals surface area contributed by atoms with E-state index in [1.54, 1.807) is 0 Å². The summed E-state index contributed by atoms with van der Waals surface area (Å²) in [5.74, 6) is 4.32. The molecular formula is C23H28Si. The van der Waals surface area contributed by atoms with Crippen LogP contribution < -0.4 is 0 Å². The van der Waals surface area contributed by atoms with Crippen molar-refractivity contribution in [3.63, 3.8) is 0 Å². The Hall–Kier alpha value is -1.78. The monoisotopic (exact) mass is 332 g/mol. The lowest BCUT2D eigenvalue weighted by Crippen LogP contribution is -2.16. The number of hydrogen-bond donors (Lipinski definition) is 0. The summed E-state index contributed by atoms with van der Waals surface area (Å²) in [7, 11) is -1.40. The van der Waals surface area contributed by atoms with Crippen molar-refractivity contribution in [2.75, 3.05) is 0 Å². The van der Waals surface area contributed by atoms with Gasteiger partial charge in [0.25, 0.3) is 0 Å². The lowest BCUT2D eigenvalue weighted by Gasteiger charge is -2.24. The zero-order chi connectivity index (χ0) is 17.0.